The van der Waals surface area contributed by atoms with E-state index in [1.54, 1.807) is 16.8 Å². The van der Waals surface area contributed by atoms with Gasteiger partial charge in [0.15, 0.2) is 0 Å². The molecule has 0 fully saturated rings. The maximum Gasteiger partial charge on any atom is 0.269 e. The molecule has 1 aromatic carbocycles. The maximum atomic E-state index is 10.5. The van der Waals surface area contributed by atoms with Crippen LogP contribution in [0.2, 0.25) is 0 Å². The van der Waals surface area contributed by atoms with Gasteiger partial charge in [-0.3, -0.25) is 10.1 Å². The number of non-ortho nitro benzene ring substituents is 1. The Kier molecular flexibility index (Phi) is 5.47. The van der Waals surface area contributed by atoms with Gasteiger partial charge in [0.1, 0.15) is 0 Å². The summed E-state index contributed by atoms with van der Waals surface area (Å²) in [5, 5.41) is 14.8. The molecular weight excluding hydrogens is 242 g/mol. The number of aromatic nitrogens is 2. The Morgan fingerprint density at radius 3 is 2.37 bits per heavy atom. The molecule has 5 heteroatoms. The Bertz CT molecular complexity index is 556. The third kappa shape index (κ3) is 3.77. The third-order valence-electron chi connectivity index (χ3n) is 2.27. The first kappa shape index (κ1) is 14.6. The van der Waals surface area contributed by atoms with Gasteiger partial charge >= 0.3 is 0 Å². The zero-order chi connectivity index (χ0) is 14.3. The first-order valence-corrected chi connectivity index (χ1v) is 6.14. The Morgan fingerprint density at radius 1 is 1.21 bits per heavy atom. The Labute approximate surface area is 112 Å². The summed E-state index contributed by atoms with van der Waals surface area (Å²) in [7, 11) is 0. The average molecular weight is 259 g/mol. The molecule has 5 nitrogen and oxygen atoms in total. The van der Waals surface area contributed by atoms with Crippen molar-refractivity contribution >= 4 is 11.8 Å². The smallest absolute Gasteiger partial charge is 0.258 e. The van der Waals surface area contributed by atoms with E-state index in [2.05, 4.69) is 5.10 Å². The van der Waals surface area contributed by atoms with Crippen molar-refractivity contribution in [3.8, 4) is 5.69 Å². The molecule has 0 amide bonds. The number of rotatable bonds is 3. The summed E-state index contributed by atoms with van der Waals surface area (Å²) in [6, 6.07) is 8.15. The highest BCUT2D eigenvalue weighted by atomic mass is 16.6. The fraction of sp³-hybridized carbons (Fsp3) is 0.214. The number of allylic oxidation sites excluding steroid dienone is 1. The van der Waals surface area contributed by atoms with Gasteiger partial charge in [-0.05, 0) is 31.2 Å². The molecule has 0 radical (unpaired) electrons. The second-order valence-corrected chi connectivity index (χ2v) is 3.46. The van der Waals surface area contributed by atoms with Gasteiger partial charge in [-0.15, -0.1) is 0 Å². The third-order valence-corrected chi connectivity index (χ3v) is 2.27. The first-order valence-electron chi connectivity index (χ1n) is 6.14. The van der Waals surface area contributed by atoms with Crippen molar-refractivity contribution in [3.63, 3.8) is 0 Å². The van der Waals surface area contributed by atoms with Gasteiger partial charge in [0, 0.05) is 18.3 Å². The van der Waals surface area contributed by atoms with Crippen molar-refractivity contribution in [2.75, 3.05) is 0 Å². The lowest BCUT2D eigenvalue weighted by atomic mass is 10.3. The molecular formula is C14H17N3O2. The monoisotopic (exact) mass is 259 g/mol. The fourth-order valence-corrected chi connectivity index (χ4v) is 1.47. The SMILES string of the molecule is C/C=C/c1ccn(-c2ccc([N+](=O)[O-])cc2)n1.CC. The van der Waals surface area contributed by atoms with Gasteiger partial charge in [-0.25, -0.2) is 4.68 Å². The molecule has 0 bridgehead atoms. The molecule has 1 aromatic heterocycles. The fourth-order valence-electron chi connectivity index (χ4n) is 1.47. The Morgan fingerprint density at radius 2 is 1.84 bits per heavy atom. The van der Waals surface area contributed by atoms with E-state index < -0.39 is 4.92 Å². The standard InChI is InChI=1S/C12H11N3O2.C2H6/c1-2-3-10-8-9-14(13-10)11-4-6-12(7-5-11)15(16)17;1-2/h2-9H,1H3;1-2H3/b3-2+;. The van der Waals surface area contributed by atoms with Gasteiger partial charge in [0.25, 0.3) is 5.69 Å². The lowest BCUT2D eigenvalue weighted by Crippen LogP contribution is -1.95. The molecule has 19 heavy (non-hydrogen) atoms. The van der Waals surface area contributed by atoms with Crippen LogP contribution in [0.3, 0.4) is 0 Å². The zero-order valence-corrected chi connectivity index (χ0v) is 11.3. The molecule has 0 aliphatic carbocycles. The summed E-state index contributed by atoms with van der Waals surface area (Å²) in [5.74, 6) is 0. The van der Waals surface area contributed by atoms with Crippen LogP contribution >= 0.6 is 0 Å². The van der Waals surface area contributed by atoms with Crippen LogP contribution in [-0.2, 0) is 0 Å². The molecule has 0 aliphatic rings. The van der Waals surface area contributed by atoms with Crippen molar-refractivity contribution in [1.82, 2.24) is 9.78 Å². The normalized spacial score (nSPS) is 10.1. The highest BCUT2D eigenvalue weighted by molar-refractivity contribution is 5.45. The largest absolute Gasteiger partial charge is 0.269 e. The Hall–Kier alpha value is -2.43. The van der Waals surface area contributed by atoms with Gasteiger partial charge < -0.3 is 0 Å². The molecule has 0 saturated carbocycles. The number of nitro groups is 1. The molecule has 0 atom stereocenters. The first-order chi connectivity index (χ1) is 9.20. The molecule has 2 aromatic rings. The van der Waals surface area contributed by atoms with E-state index in [0.717, 1.165) is 11.4 Å². The van der Waals surface area contributed by atoms with Gasteiger partial charge in [0.05, 0.1) is 16.3 Å². The van der Waals surface area contributed by atoms with Gasteiger partial charge in [-0.1, -0.05) is 19.9 Å². The Balaban J connectivity index is 0.000000861. The topological polar surface area (TPSA) is 61.0 Å². The van der Waals surface area contributed by atoms with Crippen molar-refractivity contribution in [2.24, 2.45) is 0 Å². The lowest BCUT2D eigenvalue weighted by Gasteiger charge is -1.99. The molecule has 0 aliphatic heterocycles. The predicted molar refractivity (Wildman–Crippen MR) is 76.3 cm³/mol. The molecule has 100 valence electrons. The highest BCUT2D eigenvalue weighted by Crippen LogP contribution is 2.15. The summed E-state index contributed by atoms with van der Waals surface area (Å²) in [6.45, 7) is 5.92. The molecule has 0 saturated heterocycles. The van der Waals surface area contributed by atoms with Crippen LogP contribution in [-0.4, -0.2) is 14.7 Å². The highest BCUT2D eigenvalue weighted by Gasteiger charge is 2.05. The minimum atomic E-state index is -0.419. The second kappa shape index (κ2) is 7.10. The molecule has 0 unspecified atom stereocenters. The predicted octanol–water partition coefficient (Wildman–Crippen LogP) is 3.84. The molecule has 0 spiro atoms. The van der Waals surface area contributed by atoms with Crippen molar-refractivity contribution in [3.05, 3.63) is 58.4 Å². The summed E-state index contributed by atoms with van der Waals surface area (Å²) < 4.78 is 1.68. The van der Waals surface area contributed by atoms with Crippen molar-refractivity contribution < 1.29 is 4.92 Å². The van der Waals surface area contributed by atoms with E-state index in [-0.39, 0.29) is 5.69 Å². The van der Waals surface area contributed by atoms with E-state index in [1.165, 1.54) is 12.1 Å². The maximum absolute atomic E-state index is 10.5. The van der Waals surface area contributed by atoms with Crippen LogP contribution in [0.25, 0.3) is 11.8 Å². The van der Waals surface area contributed by atoms with E-state index in [9.17, 15) is 10.1 Å². The summed E-state index contributed by atoms with van der Waals surface area (Å²) in [4.78, 5) is 10.1. The summed E-state index contributed by atoms with van der Waals surface area (Å²) in [5.41, 5.74) is 1.73. The lowest BCUT2D eigenvalue weighted by molar-refractivity contribution is -0.384. The molecule has 1 heterocycles. The minimum Gasteiger partial charge on any atom is -0.258 e. The molecule has 0 N–H and O–H groups in total. The zero-order valence-electron chi connectivity index (χ0n) is 11.3. The van der Waals surface area contributed by atoms with Crippen LogP contribution in [0, 0.1) is 10.1 Å². The van der Waals surface area contributed by atoms with E-state index >= 15 is 0 Å². The minimum absolute atomic E-state index is 0.0783. The molecule has 2 rings (SSSR count). The van der Waals surface area contributed by atoms with Crippen LogP contribution in [0.15, 0.2) is 42.6 Å². The van der Waals surface area contributed by atoms with Gasteiger partial charge in [0.2, 0.25) is 0 Å². The second-order valence-electron chi connectivity index (χ2n) is 3.46. The summed E-state index contributed by atoms with van der Waals surface area (Å²) >= 11 is 0. The van der Waals surface area contributed by atoms with Crippen LogP contribution in [0.1, 0.15) is 26.5 Å². The quantitative estimate of drug-likeness (QED) is 0.621. The van der Waals surface area contributed by atoms with E-state index in [0.29, 0.717) is 0 Å². The number of benzene rings is 1. The van der Waals surface area contributed by atoms with Crippen LogP contribution in [0.5, 0.6) is 0 Å². The van der Waals surface area contributed by atoms with Crippen molar-refractivity contribution in [2.45, 2.75) is 20.8 Å². The average Bonchev–Trinajstić information content (AvgIpc) is 2.90. The van der Waals surface area contributed by atoms with E-state index in [1.807, 2.05) is 45.2 Å². The number of hydrogen-bond donors (Lipinski definition) is 0. The van der Waals surface area contributed by atoms with Crippen LogP contribution in [0.4, 0.5) is 5.69 Å². The van der Waals surface area contributed by atoms with Gasteiger partial charge in [-0.2, -0.15) is 5.10 Å². The van der Waals surface area contributed by atoms with Crippen LogP contribution < -0.4 is 0 Å². The van der Waals surface area contributed by atoms with Crippen molar-refractivity contribution in [1.29, 1.82) is 0 Å². The number of nitro benzene ring substituents is 1. The number of hydrogen-bond acceptors (Lipinski definition) is 3. The number of nitrogens with zero attached hydrogens (tertiary/aromatic N) is 3. The summed E-state index contributed by atoms with van der Waals surface area (Å²) in [6.07, 6.45) is 5.61. The van der Waals surface area contributed by atoms with E-state index in [4.69, 9.17) is 0 Å².